The summed E-state index contributed by atoms with van der Waals surface area (Å²) in [5.74, 6) is 0. The summed E-state index contributed by atoms with van der Waals surface area (Å²) in [5, 5.41) is 1.87. The van der Waals surface area contributed by atoms with E-state index in [9.17, 15) is 17.7 Å². The minimum Gasteiger partial charge on any atom is -0.448 e. The van der Waals surface area contributed by atoms with Gasteiger partial charge in [0.05, 0.1) is 11.7 Å². The normalized spacial score (nSPS) is 11.4. The van der Waals surface area contributed by atoms with Gasteiger partial charge in [0.25, 0.3) is 5.56 Å². The summed E-state index contributed by atoms with van der Waals surface area (Å²) in [6.07, 6.45) is -0.298. The summed E-state index contributed by atoms with van der Waals surface area (Å²) in [4.78, 5) is 15.7. The third-order valence-corrected chi connectivity index (χ3v) is 2.67. The van der Waals surface area contributed by atoms with Crippen molar-refractivity contribution in [3.63, 3.8) is 0 Å². The van der Waals surface area contributed by atoms with Crippen molar-refractivity contribution in [2.75, 3.05) is 0 Å². The number of rotatable bonds is 2. The van der Waals surface area contributed by atoms with Crippen LogP contribution < -0.4 is 56.9 Å². The maximum absolute atomic E-state index is 12.1. The van der Waals surface area contributed by atoms with Crippen LogP contribution in [-0.4, -0.2) is 16.5 Å². The first-order valence-electron chi connectivity index (χ1n) is 4.11. The van der Waals surface area contributed by atoms with Crippen LogP contribution in [0.25, 0.3) is 10.2 Å². The maximum atomic E-state index is 12.1. The van der Waals surface area contributed by atoms with Crippen molar-refractivity contribution in [1.82, 2.24) is 9.55 Å². The molecule has 3 nitrogen and oxygen atoms in total. The topological polar surface area (TPSA) is 34.9 Å². The van der Waals surface area contributed by atoms with Crippen molar-refractivity contribution in [2.45, 2.75) is 6.44 Å². The summed E-state index contributed by atoms with van der Waals surface area (Å²) in [5.41, 5.74) is -0.638. The SMILES string of the molecule is O=c1c2ccsc2ncn1C[B-](F)(F)F.[K+]. The molecule has 2 aromatic rings. The molecule has 0 aliphatic heterocycles. The predicted molar refractivity (Wildman–Crippen MR) is 53.0 cm³/mol. The zero-order valence-corrected chi connectivity index (χ0v) is 12.3. The number of fused-ring (bicyclic) bond motifs is 1. The molecule has 80 valence electrons. The average molecular weight is 272 g/mol. The molecule has 0 amide bonds. The van der Waals surface area contributed by atoms with E-state index < -0.39 is 19.0 Å². The summed E-state index contributed by atoms with van der Waals surface area (Å²) in [7, 11) is 0. The monoisotopic (exact) mass is 272 g/mol. The Labute approximate surface area is 135 Å². The number of aromatic nitrogens is 2. The fourth-order valence-electron chi connectivity index (χ4n) is 1.25. The minimum absolute atomic E-state index is 0. The predicted octanol–water partition coefficient (Wildman–Crippen LogP) is -1.15. The van der Waals surface area contributed by atoms with Gasteiger partial charge in [0.15, 0.2) is 0 Å². The second-order valence-corrected chi connectivity index (χ2v) is 3.95. The van der Waals surface area contributed by atoms with Crippen LogP contribution in [-0.2, 0) is 6.44 Å². The van der Waals surface area contributed by atoms with Crippen molar-refractivity contribution in [3.05, 3.63) is 28.1 Å². The van der Waals surface area contributed by atoms with Gasteiger partial charge in [0, 0.05) is 0 Å². The number of thiophene rings is 1. The van der Waals surface area contributed by atoms with E-state index in [1.54, 1.807) is 5.38 Å². The van der Waals surface area contributed by atoms with Crippen LogP contribution in [0.5, 0.6) is 0 Å². The van der Waals surface area contributed by atoms with Gasteiger partial charge in [-0.25, -0.2) is 4.98 Å². The van der Waals surface area contributed by atoms with E-state index in [2.05, 4.69) is 4.98 Å². The number of hydrogen-bond donors (Lipinski definition) is 0. The molecule has 0 radical (unpaired) electrons. The molecule has 0 saturated carbocycles. The van der Waals surface area contributed by atoms with Gasteiger partial charge >= 0.3 is 58.4 Å². The van der Waals surface area contributed by atoms with Crippen molar-refractivity contribution in [2.24, 2.45) is 0 Å². The van der Waals surface area contributed by atoms with Crippen molar-refractivity contribution < 1.29 is 64.3 Å². The second-order valence-electron chi connectivity index (χ2n) is 3.05. The average Bonchev–Trinajstić information content (AvgIpc) is 2.56. The van der Waals surface area contributed by atoms with Crippen LogP contribution in [0.4, 0.5) is 12.9 Å². The third kappa shape index (κ3) is 3.17. The van der Waals surface area contributed by atoms with Gasteiger partial charge < -0.3 is 17.5 Å². The zero-order valence-electron chi connectivity index (χ0n) is 8.36. The first-order valence-corrected chi connectivity index (χ1v) is 4.99. The van der Waals surface area contributed by atoms with Gasteiger partial charge in [-0.1, -0.05) is 0 Å². The van der Waals surface area contributed by atoms with Gasteiger partial charge in [-0.2, -0.15) is 0 Å². The Kier molecular flexibility index (Phi) is 4.78. The molecule has 0 unspecified atom stereocenters. The summed E-state index contributed by atoms with van der Waals surface area (Å²) < 4.78 is 37.0. The Morgan fingerprint density at radius 2 is 2.12 bits per heavy atom. The Balaban J connectivity index is 0.00000128. The Morgan fingerprint density at radius 1 is 1.44 bits per heavy atom. The molecular weight excluding hydrogens is 267 g/mol. The van der Waals surface area contributed by atoms with Crippen LogP contribution in [0.1, 0.15) is 0 Å². The first kappa shape index (κ1) is 14.4. The van der Waals surface area contributed by atoms with E-state index in [1.165, 1.54) is 17.4 Å². The van der Waals surface area contributed by atoms with E-state index in [0.717, 1.165) is 6.33 Å². The third-order valence-electron chi connectivity index (χ3n) is 1.85. The molecule has 2 aromatic heterocycles. The van der Waals surface area contributed by atoms with Crippen LogP contribution in [0.3, 0.4) is 0 Å². The smallest absolute Gasteiger partial charge is 0.448 e. The number of hydrogen-bond acceptors (Lipinski definition) is 3. The second kappa shape index (κ2) is 5.32. The van der Waals surface area contributed by atoms with E-state index in [4.69, 9.17) is 0 Å². The van der Waals surface area contributed by atoms with Gasteiger partial charge in [-0.05, 0) is 17.9 Å². The molecule has 0 aromatic carbocycles. The molecule has 0 atom stereocenters. The molecule has 0 saturated heterocycles. The van der Waals surface area contributed by atoms with Crippen molar-refractivity contribution in [3.8, 4) is 0 Å². The van der Waals surface area contributed by atoms with E-state index in [1.807, 2.05) is 0 Å². The van der Waals surface area contributed by atoms with Gasteiger partial charge in [0.1, 0.15) is 4.83 Å². The molecule has 0 N–H and O–H groups in total. The summed E-state index contributed by atoms with van der Waals surface area (Å²) in [6, 6.07) is 1.48. The van der Waals surface area contributed by atoms with Crippen molar-refractivity contribution >= 4 is 28.5 Å². The summed E-state index contributed by atoms with van der Waals surface area (Å²) >= 11 is 1.23. The van der Waals surface area contributed by atoms with Crippen LogP contribution in [0.15, 0.2) is 22.6 Å². The molecule has 0 aliphatic rings. The van der Waals surface area contributed by atoms with Gasteiger partial charge in [0.2, 0.25) is 0 Å². The van der Waals surface area contributed by atoms with E-state index >= 15 is 0 Å². The van der Waals surface area contributed by atoms with E-state index in [0.29, 0.717) is 9.40 Å². The minimum atomic E-state index is -5.02. The van der Waals surface area contributed by atoms with Crippen LogP contribution in [0, 0.1) is 0 Å². The molecule has 2 heterocycles. The largest absolute Gasteiger partial charge is 1.00 e. The van der Waals surface area contributed by atoms with Gasteiger partial charge in [-0.15, -0.1) is 11.3 Å². The van der Waals surface area contributed by atoms with Crippen molar-refractivity contribution in [1.29, 1.82) is 0 Å². The zero-order chi connectivity index (χ0) is 11.1. The molecule has 0 spiro atoms. The Hall–Kier alpha value is 0.331. The summed E-state index contributed by atoms with van der Waals surface area (Å²) in [6.45, 7) is -5.02. The number of nitrogens with zero attached hydrogens (tertiary/aromatic N) is 2. The van der Waals surface area contributed by atoms with E-state index in [-0.39, 0.29) is 56.8 Å². The fraction of sp³-hybridized carbons (Fsp3) is 0.143. The molecule has 16 heavy (non-hydrogen) atoms. The maximum Gasteiger partial charge on any atom is 1.00 e. The molecule has 9 heteroatoms. The van der Waals surface area contributed by atoms with Crippen LogP contribution >= 0.6 is 11.3 Å². The molecule has 2 rings (SSSR count). The number of halogens is 3. The Morgan fingerprint density at radius 3 is 2.75 bits per heavy atom. The van der Waals surface area contributed by atoms with Gasteiger partial charge in [-0.3, -0.25) is 4.79 Å². The fourth-order valence-corrected chi connectivity index (χ4v) is 1.97. The Bertz CT molecular complexity index is 552. The standard InChI is InChI=1S/C7H5BF3N2OS.K/c9-8(10,11)3-13-4-12-6-5(7(13)14)1-2-15-6;/h1-2,4H,3H2;/q-1;+1. The molecule has 0 bridgehead atoms. The molecular formula is C7H5BF3KN2OS. The molecule has 0 fully saturated rings. The quantitative estimate of drug-likeness (QED) is 0.647. The van der Waals surface area contributed by atoms with Crippen LogP contribution in [0.2, 0.25) is 0 Å². The molecule has 0 aliphatic carbocycles. The first-order chi connectivity index (χ1) is 6.97.